The van der Waals surface area contributed by atoms with Crippen molar-refractivity contribution in [3.05, 3.63) is 77.6 Å². The number of ether oxygens (including phenoxy) is 3. The zero-order valence-corrected chi connectivity index (χ0v) is 19.2. The van der Waals surface area contributed by atoms with Crippen LogP contribution in [0.4, 0.5) is 5.82 Å². The lowest BCUT2D eigenvalue weighted by Gasteiger charge is -2.33. The number of hydrogen-bond acceptors (Lipinski definition) is 7. The lowest BCUT2D eigenvalue weighted by molar-refractivity contribution is -0.0248. The van der Waals surface area contributed by atoms with Gasteiger partial charge in [-0.25, -0.2) is 9.97 Å². The Morgan fingerprint density at radius 2 is 1.85 bits per heavy atom. The van der Waals surface area contributed by atoms with Crippen molar-refractivity contribution in [2.75, 3.05) is 50.9 Å². The molecule has 1 atom stereocenters. The van der Waals surface area contributed by atoms with Crippen LogP contribution in [0.15, 0.2) is 60.8 Å². The number of benzene rings is 1. The van der Waals surface area contributed by atoms with Gasteiger partial charge >= 0.3 is 0 Å². The van der Waals surface area contributed by atoms with Crippen molar-refractivity contribution in [3.63, 3.8) is 0 Å². The highest BCUT2D eigenvalue weighted by molar-refractivity contribution is 5.95. The molecule has 8 nitrogen and oxygen atoms in total. The number of anilines is 1. The van der Waals surface area contributed by atoms with E-state index in [4.69, 9.17) is 14.2 Å². The molecule has 0 bridgehead atoms. The van der Waals surface area contributed by atoms with Crippen LogP contribution >= 0.6 is 0 Å². The number of aromatic nitrogens is 2. The van der Waals surface area contributed by atoms with Gasteiger partial charge in [0.15, 0.2) is 0 Å². The lowest BCUT2D eigenvalue weighted by Crippen LogP contribution is -2.42. The van der Waals surface area contributed by atoms with Crippen molar-refractivity contribution in [2.24, 2.45) is 0 Å². The molecular weight excluding hydrogens is 432 g/mol. The van der Waals surface area contributed by atoms with E-state index in [0.717, 1.165) is 30.4 Å². The highest BCUT2D eigenvalue weighted by atomic mass is 16.5. The van der Waals surface area contributed by atoms with Crippen molar-refractivity contribution in [2.45, 2.75) is 13.0 Å². The number of carbonyl (C=O) groups is 1. The predicted octanol–water partition coefficient (Wildman–Crippen LogP) is 3.63. The molecule has 1 aromatic carbocycles. The van der Waals surface area contributed by atoms with Crippen LogP contribution in [-0.2, 0) is 9.47 Å². The fourth-order valence-corrected chi connectivity index (χ4v) is 4.11. The molecule has 1 amide bonds. The average molecular weight is 461 g/mol. The second-order valence-electron chi connectivity index (χ2n) is 8.43. The van der Waals surface area contributed by atoms with E-state index in [0.29, 0.717) is 44.4 Å². The lowest BCUT2D eigenvalue weighted by atomic mass is 10.1. The number of rotatable bonds is 5. The quantitative estimate of drug-likeness (QED) is 0.575. The summed E-state index contributed by atoms with van der Waals surface area (Å²) in [7, 11) is 0. The molecule has 0 aliphatic carbocycles. The van der Waals surface area contributed by atoms with Crippen LogP contribution in [0.2, 0.25) is 0 Å². The molecular formula is C26H28N4O4. The van der Waals surface area contributed by atoms with Gasteiger partial charge in [-0.1, -0.05) is 23.8 Å². The standard InChI is InChI=1S/C26H28N4O4/c1-19-5-7-21(8-6-19)34-25-4-2-3-22(28-25)23-18-30(13-16-33-23)26(31)20-9-10-27-24(17-20)29-11-14-32-15-12-29/h2-10,17,23H,11-16,18H2,1H3/t23-/m1/s1. The van der Waals surface area contributed by atoms with Crippen LogP contribution in [0.5, 0.6) is 11.6 Å². The number of pyridine rings is 2. The Morgan fingerprint density at radius 1 is 1.03 bits per heavy atom. The van der Waals surface area contributed by atoms with E-state index >= 15 is 0 Å². The normalized spacial score (nSPS) is 18.6. The van der Waals surface area contributed by atoms with E-state index in [9.17, 15) is 4.79 Å². The molecule has 2 saturated heterocycles. The minimum Gasteiger partial charge on any atom is -0.439 e. The fourth-order valence-electron chi connectivity index (χ4n) is 4.11. The topological polar surface area (TPSA) is 77.0 Å². The highest BCUT2D eigenvalue weighted by Gasteiger charge is 2.28. The minimum atomic E-state index is -0.320. The molecule has 8 heteroatoms. The van der Waals surface area contributed by atoms with Gasteiger partial charge in [0.1, 0.15) is 17.7 Å². The first kappa shape index (κ1) is 22.3. The Labute approximate surface area is 199 Å². The molecule has 4 heterocycles. The monoisotopic (exact) mass is 460 g/mol. The van der Waals surface area contributed by atoms with Crippen LogP contribution in [-0.4, -0.2) is 66.8 Å². The van der Waals surface area contributed by atoms with E-state index in [1.165, 1.54) is 5.56 Å². The van der Waals surface area contributed by atoms with Crippen molar-refractivity contribution in [1.82, 2.24) is 14.9 Å². The first-order chi connectivity index (χ1) is 16.7. The molecule has 2 aliphatic heterocycles. The van der Waals surface area contributed by atoms with Gasteiger partial charge in [0.05, 0.1) is 32.1 Å². The molecule has 0 N–H and O–H groups in total. The van der Waals surface area contributed by atoms with E-state index in [2.05, 4.69) is 14.9 Å². The highest BCUT2D eigenvalue weighted by Crippen LogP contribution is 2.26. The number of amides is 1. The van der Waals surface area contributed by atoms with Gasteiger partial charge in [0, 0.05) is 37.5 Å². The Kier molecular flexibility index (Phi) is 6.69. The molecule has 5 rings (SSSR count). The molecule has 3 aromatic rings. The molecule has 2 aliphatic rings. The van der Waals surface area contributed by atoms with E-state index < -0.39 is 0 Å². The summed E-state index contributed by atoms with van der Waals surface area (Å²) in [6, 6.07) is 17.1. The maximum Gasteiger partial charge on any atom is 0.254 e. The Hall–Kier alpha value is -3.49. The summed E-state index contributed by atoms with van der Waals surface area (Å²) in [5, 5.41) is 0. The minimum absolute atomic E-state index is 0.0303. The summed E-state index contributed by atoms with van der Waals surface area (Å²) in [4.78, 5) is 26.4. The molecule has 2 fully saturated rings. The van der Waals surface area contributed by atoms with Crippen LogP contribution < -0.4 is 9.64 Å². The van der Waals surface area contributed by atoms with E-state index in [1.807, 2.05) is 60.4 Å². The van der Waals surface area contributed by atoms with Gasteiger partial charge in [0.25, 0.3) is 5.91 Å². The fraction of sp³-hybridized carbons (Fsp3) is 0.346. The second-order valence-corrected chi connectivity index (χ2v) is 8.43. The summed E-state index contributed by atoms with van der Waals surface area (Å²) < 4.78 is 17.3. The predicted molar refractivity (Wildman–Crippen MR) is 127 cm³/mol. The van der Waals surface area contributed by atoms with Crippen LogP contribution in [0.25, 0.3) is 0 Å². The van der Waals surface area contributed by atoms with Gasteiger partial charge in [-0.2, -0.15) is 0 Å². The van der Waals surface area contributed by atoms with Crippen molar-refractivity contribution >= 4 is 11.7 Å². The summed E-state index contributed by atoms with van der Waals surface area (Å²) in [6.45, 7) is 6.33. The third kappa shape index (κ3) is 5.18. The first-order valence-electron chi connectivity index (χ1n) is 11.6. The van der Waals surface area contributed by atoms with Crippen molar-refractivity contribution < 1.29 is 19.0 Å². The van der Waals surface area contributed by atoms with Crippen molar-refractivity contribution in [1.29, 1.82) is 0 Å². The largest absolute Gasteiger partial charge is 0.439 e. The van der Waals surface area contributed by atoms with Gasteiger partial charge in [-0.05, 0) is 37.3 Å². The number of aryl methyl sites for hydroxylation is 1. The smallest absolute Gasteiger partial charge is 0.254 e. The second kappa shape index (κ2) is 10.2. The summed E-state index contributed by atoms with van der Waals surface area (Å²) in [5.41, 5.74) is 2.54. The average Bonchev–Trinajstić information content (AvgIpc) is 2.90. The maximum absolute atomic E-state index is 13.3. The van der Waals surface area contributed by atoms with Crippen LogP contribution in [0.3, 0.4) is 0 Å². The number of hydrogen-bond donors (Lipinski definition) is 0. The SMILES string of the molecule is Cc1ccc(Oc2cccc([C@H]3CN(C(=O)c4ccnc(N5CCOCC5)c4)CCO3)n2)cc1. The van der Waals surface area contributed by atoms with E-state index in [1.54, 1.807) is 12.3 Å². The zero-order chi connectivity index (χ0) is 23.3. The Balaban J connectivity index is 1.27. The van der Waals surface area contributed by atoms with Gasteiger partial charge in [-0.3, -0.25) is 4.79 Å². The number of morpholine rings is 2. The molecule has 176 valence electrons. The number of carbonyl (C=O) groups excluding carboxylic acids is 1. The third-order valence-electron chi connectivity index (χ3n) is 6.00. The van der Waals surface area contributed by atoms with Crippen LogP contribution in [0, 0.1) is 6.92 Å². The Morgan fingerprint density at radius 3 is 2.68 bits per heavy atom. The van der Waals surface area contributed by atoms with Gasteiger partial charge < -0.3 is 24.0 Å². The summed E-state index contributed by atoms with van der Waals surface area (Å²) >= 11 is 0. The maximum atomic E-state index is 13.3. The van der Waals surface area contributed by atoms with Gasteiger partial charge in [-0.15, -0.1) is 0 Å². The third-order valence-corrected chi connectivity index (χ3v) is 6.00. The number of nitrogens with zero attached hydrogens (tertiary/aromatic N) is 4. The molecule has 2 aromatic heterocycles. The Bertz CT molecular complexity index is 1130. The van der Waals surface area contributed by atoms with Gasteiger partial charge in [0.2, 0.25) is 5.88 Å². The molecule has 0 spiro atoms. The van der Waals surface area contributed by atoms with Crippen molar-refractivity contribution in [3.8, 4) is 11.6 Å². The van der Waals surface area contributed by atoms with E-state index in [-0.39, 0.29) is 12.0 Å². The molecule has 0 saturated carbocycles. The van der Waals surface area contributed by atoms with Crippen LogP contribution in [0.1, 0.15) is 27.7 Å². The summed E-state index contributed by atoms with van der Waals surface area (Å²) in [6.07, 6.45) is 1.38. The summed E-state index contributed by atoms with van der Waals surface area (Å²) in [5.74, 6) is 2.00. The molecule has 0 unspecified atom stereocenters. The zero-order valence-electron chi connectivity index (χ0n) is 19.2. The molecule has 0 radical (unpaired) electrons. The first-order valence-corrected chi connectivity index (χ1v) is 11.6. The molecule has 34 heavy (non-hydrogen) atoms.